The first-order valence-electron chi connectivity index (χ1n) is 16.1. The highest BCUT2D eigenvalue weighted by molar-refractivity contribution is 7.80. The van der Waals surface area contributed by atoms with Crippen LogP contribution >= 0.6 is 25.3 Å². The Bertz CT molecular complexity index is 1340. The Morgan fingerprint density at radius 3 is 1.34 bits per heavy atom. The summed E-state index contributed by atoms with van der Waals surface area (Å²) in [5.41, 5.74) is 10.6. The van der Waals surface area contributed by atoms with Crippen molar-refractivity contribution < 1.29 is 63.6 Å². The molecule has 0 saturated heterocycles. The number of aliphatic hydroxyl groups excluding tert-OH is 3. The molecule has 0 aliphatic heterocycles. The molecule has 0 aromatic rings. The normalized spacial score (nSPS) is 16.8. The number of carbonyl (C=O) groups excluding carboxylic acids is 8. The van der Waals surface area contributed by atoms with E-state index in [-0.39, 0.29) is 11.5 Å². The standard InChI is InChI=1S/C29H51N9O13S2/c1-10(2)19(29(50)51)36-26(47)17(9-53)35-28(49)21(13(5)41)37-22(43)11(3)32-27(48)20(12(4)40)38-24(45)15(6-18(31)42)33-25(46)16(8-52)34-23(44)14(30)7-39/h10-17,19-21,39-41,52-53H,6-9,30H2,1-5H3,(H2,31,42)(H,32,48)(H,33,46)(H,34,44)(H,35,49)(H,36,47)(H,37,43)(H,38,45)(H,50,51)/t11-,12+,13+,14-,15-,16-,17-,19-,20-,21-/m0/s1. The third kappa shape index (κ3) is 16.5. The van der Waals surface area contributed by atoms with Gasteiger partial charge in [-0.2, -0.15) is 25.3 Å². The van der Waals surface area contributed by atoms with Crippen LogP contribution in [0.3, 0.4) is 0 Å². The van der Waals surface area contributed by atoms with Gasteiger partial charge in [0, 0.05) is 11.5 Å². The Balaban J connectivity index is 5.78. The van der Waals surface area contributed by atoms with Crippen molar-refractivity contribution in [1.82, 2.24) is 37.2 Å². The molecule has 0 aromatic heterocycles. The lowest BCUT2D eigenvalue weighted by Gasteiger charge is -2.28. The number of primary amides is 1. The summed E-state index contributed by atoms with van der Waals surface area (Å²) in [6.45, 7) is 5.74. The third-order valence-corrected chi connectivity index (χ3v) is 8.04. The minimum atomic E-state index is -1.81. The van der Waals surface area contributed by atoms with E-state index in [2.05, 4.69) is 62.5 Å². The third-order valence-electron chi connectivity index (χ3n) is 7.31. The second kappa shape index (κ2) is 23.4. The van der Waals surface area contributed by atoms with Gasteiger partial charge in [0.1, 0.15) is 48.3 Å². The maximum absolute atomic E-state index is 13.1. The van der Waals surface area contributed by atoms with Crippen molar-refractivity contribution in [3.63, 3.8) is 0 Å². The molecule has 0 aromatic carbocycles. The molecule has 53 heavy (non-hydrogen) atoms. The summed E-state index contributed by atoms with van der Waals surface area (Å²) < 4.78 is 0. The predicted octanol–water partition coefficient (Wildman–Crippen LogP) is -7.04. The number of carboxylic acid groups (broad SMARTS) is 1. The second-order valence-electron chi connectivity index (χ2n) is 12.3. The molecule has 0 saturated carbocycles. The number of hydrogen-bond acceptors (Lipinski definition) is 15. The van der Waals surface area contributed by atoms with E-state index < -0.39 is 133 Å². The fourth-order valence-corrected chi connectivity index (χ4v) is 4.69. The predicted molar refractivity (Wildman–Crippen MR) is 192 cm³/mol. The van der Waals surface area contributed by atoms with Gasteiger partial charge in [-0.1, -0.05) is 13.8 Å². The summed E-state index contributed by atoms with van der Waals surface area (Å²) in [5.74, 6) is -10.8. The average Bonchev–Trinajstić information content (AvgIpc) is 3.07. The number of carbonyl (C=O) groups is 9. The van der Waals surface area contributed by atoms with Gasteiger partial charge in [-0.25, -0.2) is 4.79 Å². The smallest absolute Gasteiger partial charge is 0.326 e. The number of hydrogen-bond donors (Lipinski definition) is 15. The fourth-order valence-electron chi connectivity index (χ4n) is 4.17. The summed E-state index contributed by atoms with van der Waals surface area (Å²) in [6.07, 6.45) is -4.00. The van der Waals surface area contributed by atoms with Crippen LogP contribution in [0.5, 0.6) is 0 Å². The van der Waals surface area contributed by atoms with E-state index in [1.165, 1.54) is 0 Å². The zero-order valence-corrected chi connectivity index (χ0v) is 31.5. The molecule has 22 nitrogen and oxygen atoms in total. The maximum atomic E-state index is 13.1. The number of nitrogens with two attached hydrogens (primary N) is 2. The molecule has 0 rings (SSSR count). The molecule has 15 N–H and O–H groups in total. The molecule has 0 unspecified atom stereocenters. The van der Waals surface area contributed by atoms with E-state index in [1.54, 1.807) is 13.8 Å². The maximum Gasteiger partial charge on any atom is 0.326 e. The van der Waals surface area contributed by atoms with Crippen molar-refractivity contribution in [2.45, 2.75) is 102 Å². The van der Waals surface area contributed by atoms with Crippen LogP contribution in [0.1, 0.15) is 41.0 Å². The number of amides is 8. The SMILES string of the molecule is CC(C)[C@H](NC(=O)[C@H](CS)NC(=O)[C@@H](NC(=O)[C@H](C)NC(=O)[C@@H](NC(=O)[C@H](CC(N)=O)NC(=O)[C@H](CS)NC(=O)[C@@H](N)CO)[C@@H](C)O)[C@@H](C)O)C(=O)O. The molecule has 0 aliphatic rings. The molecule has 0 spiro atoms. The Hall–Kier alpha value is -4.23. The topological polar surface area (TPSA) is 371 Å². The van der Waals surface area contributed by atoms with E-state index in [1.807, 2.05) is 0 Å². The van der Waals surface area contributed by atoms with Crippen LogP contribution in [0.2, 0.25) is 0 Å². The molecule has 10 atom stereocenters. The molecular formula is C29H51N9O13S2. The van der Waals surface area contributed by atoms with Gasteiger partial charge in [-0.05, 0) is 26.7 Å². The number of aliphatic carboxylic acids is 1. The van der Waals surface area contributed by atoms with E-state index in [9.17, 15) is 58.5 Å². The summed E-state index contributed by atoms with van der Waals surface area (Å²) in [6, 6.07) is -12.2. The van der Waals surface area contributed by atoms with E-state index in [0.29, 0.717) is 0 Å². The van der Waals surface area contributed by atoms with E-state index in [4.69, 9.17) is 16.6 Å². The molecule has 24 heteroatoms. The number of rotatable bonds is 23. The van der Waals surface area contributed by atoms with Crippen molar-refractivity contribution in [1.29, 1.82) is 0 Å². The lowest BCUT2D eigenvalue weighted by Crippen LogP contribution is -2.62. The van der Waals surface area contributed by atoms with Crippen molar-refractivity contribution in [2.75, 3.05) is 18.1 Å². The highest BCUT2D eigenvalue weighted by Crippen LogP contribution is 2.05. The minimum Gasteiger partial charge on any atom is -0.480 e. The van der Waals surface area contributed by atoms with Gasteiger partial charge >= 0.3 is 5.97 Å². The Kier molecular flexibility index (Phi) is 21.6. The Labute approximate surface area is 315 Å². The lowest BCUT2D eigenvalue weighted by atomic mass is 10.0. The van der Waals surface area contributed by atoms with Crippen molar-refractivity contribution >= 4 is 78.5 Å². The molecule has 0 radical (unpaired) electrons. The van der Waals surface area contributed by atoms with Crippen LogP contribution in [0.25, 0.3) is 0 Å². The largest absolute Gasteiger partial charge is 0.480 e. The van der Waals surface area contributed by atoms with E-state index >= 15 is 0 Å². The van der Waals surface area contributed by atoms with Crippen molar-refractivity contribution in [3.8, 4) is 0 Å². The molecule has 0 aliphatic carbocycles. The van der Waals surface area contributed by atoms with Crippen LogP contribution in [-0.4, -0.2) is 152 Å². The van der Waals surface area contributed by atoms with E-state index in [0.717, 1.165) is 20.8 Å². The molecule has 302 valence electrons. The van der Waals surface area contributed by atoms with Gasteiger partial charge in [0.05, 0.1) is 25.2 Å². The first-order chi connectivity index (χ1) is 24.5. The highest BCUT2D eigenvalue weighted by atomic mass is 32.1. The minimum absolute atomic E-state index is 0.295. The van der Waals surface area contributed by atoms with Crippen LogP contribution in [0.4, 0.5) is 0 Å². The molecule has 0 fully saturated rings. The zero-order chi connectivity index (χ0) is 41.3. The Morgan fingerprint density at radius 1 is 0.566 bits per heavy atom. The lowest BCUT2D eigenvalue weighted by molar-refractivity contribution is -0.143. The van der Waals surface area contributed by atoms with Gasteiger partial charge < -0.3 is 69.1 Å². The monoisotopic (exact) mass is 797 g/mol. The molecular weight excluding hydrogens is 747 g/mol. The van der Waals surface area contributed by atoms with Crippen LogP contribution in [0.15, 0.2) is 0 Å². The summed E-state index contributed by atoms with van der Waals surface area (Å²) >= 11 is 7.97. The summed E-state index contributed by atoms with van der Waals surface area (Å²) in [5, 5.41) is 54.4. The quantitative estimate of drug-likeness (QED) is 0.0428. The van der Waals surface area contributed by atoms with Gasteiger partial charge in [0.15, 0.2) is 0 Å². The van der Waals surface area contributed by atoms with Crippen molar-refractivity contribution in [3.05, 3.63) is 0 Å². The highest BCUT2D eigenvalue weighted by Gasteiger charge is 2.36. The average molecular weight is 798 g/mol. The first kappa shape index (κ1) is 48.8. The number of nitrogens with one attached hydrogen (secondary N) is 7. The first-order valence-corrected chi connectivity index (χ1v) is 17.4. The van der Waals surface area contributed by atoms with Crippen LogP contribution in [0, 0.1) is 5.92 Å². The zero-order valence-electron chi connectivity index (χ0n) is 29.7. The van der Waals surface area contributed by atoms with Gasteiger partial charge in [-0.15, -0.1) is 0 Å². The molecule has 0 bridgehead atoms. The fraction of sp³-hybridized carbons (Fsp3) is 0.690. The number of carboxylic acids is 1. The second-order valence-corrected chi connectivity index (χ2v) is 13.0. The van der Waals surface area contributed by atoms with Crippen LogP contribution < -0.4 is 48.7 Å². The van der Waals surface area contributed by atoms with Gasteiger partial charge in [0.2, 0.25) is 47.3 Å². The van der Waals surface area contributed by atoms with Gasteiger partial charge in [-0.3, -0.25) is 38.4 Å². The number of aliphatic hydroxyl groups is 3. The summed E-state index contributed by atoms with van der Waals surface area (Å²) in [4.78, 5) is 113. The van der Waals surface area contributed by atoms with Gasteiger partial charge in [0.25, 0.3) is 0 Å². The molecule has 0 heterocycles. The molecule has 8 amide bonds. The van der Waals surface area contributed by atoms with Crippen LogP contribution in [-0.2, 0) is 43.2 Å². The number of thiol groups is 2. The Morgan fingerprint density at radius 2 is 0.943 bits per heavy atom. The summed E-state index contributed by atoms with van der Waals surface area (Å²) in [7, 11) is 0. The van der Waals surface area contributed by atoms with Crippen molar-refractivity contribution in [2.24, 2.45) is 17.4 Å².